The molecule has 4 nitrogen and oxygen atoms in total. The molecule has 0 aliphatic rings. The van der Waals surface area contributed by atoms with Crippen LogP contribution in [0.1, 0.15) is 52.7 Å². The predicted molar refractivity (Wildman–Crippen MR) is 105 cm³/mol. The smallest absolute Gasteiger partial charge is 0.122 e. The molecule has 2 aromatic rings. The number of phenolic OH excluding ortho intramolecular Hbond substituents is 2. The lowest BCUT2D eigenvalue weighted by atomic mass is 9.86. The van der Waals surface area contributed by atoms with Crippen LogP contribution in [0.3, 0.4) is 0 Å². The first-order valence-corrected chi connectivity index (χ1v) is 8.91. The molecule has 0 atom stereocenters. The van der Waals surface area contributed by atoms with Crippen molar-refractivity contribution in [3.63, 3.8) is 0 Å². The van der Waals surface area contributed by atoms with E-state index in [1.165, 1.54) is 0 Å². The fourth-order valence-electron chi connectivity index (χ4n) is 2.73. The van der Waals surface area contributed by atoms with Gasteiger partial charge in [0.2, 0.25) is 0 Å². The summed E-state index contributed by atoms with van der Waals surface area (Å²) in [4.78, 5) is 0. The molecule has 26 heavy (non-hydrogen) atoms. The highest BCUT2D eigenvalue weighted by atomic mass is 16.5. The standard InChI is InChI=1S/C22H30O4/c1-21(2,3)17-13-15(7-9-19(17)23)25-11-12-26-16-8-10-20(24)18(14-16)22(4,5)6/h7-10,13-14,23-24H,11-12H2,1-6H3. The van der Waals surface area contributed by atoms with E-state index in [1.54, 1.807) is 24.3 Å². The molecule has 4 heteroatoms. The Morgan fingerprint density at radius 1 is 0.654 bits per heavy atom. The van der Waals surface area contributed by atoms with Crippen molar-refractivity contribution in [2.24, 2.45) is 0 Å². The van der Waals surface area contributed by atoms with Gasteiger partial charge in [-0.05, 0) is 47.2 Å². The minimum Gasteiger partial charge on any atom is -0.508 e. The molecule has 0 heterocycles. The summed E-state index contributed by atoms with van der Waals surface area (Å²) in [6.07, 6.45) is 0. The van der Waals surface area contributed by atoms with Gasteiger partial charge >= 0.3 is 0 Å². The van der Waals surface area contributed by atoms with E-state index in [1.807, 2.05) is 53.7 Å². The van der Waals surface area contributed by atoms with Gasteiger partial charge in [-0.2, -0.15) is 0 Å². The molecule has 0 radical (unpaired) electrons. The van der Waals surface area contributed by atoms with Gasteiger partial charge in [0.15, 0.2) is 0 Å². The number of benzene rings is 2. The highest BCUT2D eigenvalue weighted by Gasteiger charge is 2.19. The number of phenols is 2. The van der Waals surface area contributed by atoms with Crippen LogP contribution in [0, 0.1) is 0 Å². The summed E-state index contributed by atoms with van der Waals surface area (Å²) in [6, 6.07) is 10.6. The number of rotatable bonds is 5. The second kappa shape index (κ2) is 7.48. The van der Waals surface area contributed by atoms with E-state index in [4.69, 9.17) is 9.47 Å². The molecule has 0 unspecified atom stereocenters. The van der Waals surface area contributed by atoms with Crippen LogP contribution in [-0.4, -0.2) is 23.4 Å². The fourth-order valence-corrected chi connectivity index (χ4v) is 2.73. The van der Waals surface area contributed by atoms with Crippen molar-refractivity contribution < 1.29 is 19.7 Å². The normalized spacial score (nSPS) is 12.1. The Morgan fingerprint density at radius 2 is 1.00 bits per heavy atom. The minimum atomic E-state index is -0.157. The van der Waals surface area contributed by atoms with Crippen molar-refractivity contribution in [3.05, 3.63) is 47.5 Å². The molecule has 0 fully saturated rings. The third-order valence-electron chi connectivity index (χ3n) is 4.17. The molecule has 2 N–H and O–H groups in total. The summed E-state index contributed by atoms with van der Waals surface area (Å²) in [7, 11) is 0. The van der Waals surface area contributed by atoms with E-state index < -0.39 is 0 Å². The van der Waals surface area contributed by atoms with Crippen LogP contribution in [0.2, 0.25) is 0 Å². The predicted octanol–water partition coefficient (Wildman–Crippen LogP) is 5.15. The topological polar surface area (TPSA) is 58.9 Å². The van der Waals surface area contributed by atoms with Gasteiger partial charge in [0.1, 0.15) is 36.2 Å². The van der Waals surface area contributed by atoms with E-state index in [0.29, 0.717) is 24.7 Å². The highest BCUT2D eigenvalue weighted by molar-refractivity contribution is 5.44. The maximum Gasteiger partial charge on any atom is 0.122 e. The van der Waals surface area contributed by atoms with Crippen molar-refractivity contribution in [1.29, 1.82) is 0 Å². The van der Waals surface area contributed by atoms with Crippen molar-refractivity contribution in [2.75, 3.05) is 13.2 Å². The Morgan fingerprint density at radius 3 is 1.31 bits per heavy atom. The third-order valence-corrected chi connectivity index (χ3v) is 4.17. The van der Waals surface area contributed by atoms with Gasteiger partial charge in [-0.3, -0.25) is 0 Å². The zero-order valence-electron chi connectivity index (χ0n) is 16.6. The van der Waals surface area contributed by atoms with Gasteiger partial charge in [0.05, 0.1) is 0 Å². The van der Waals surface area contributed by atoms with Crippen LogP contribution in [0.5, 0.6) is 23.0 Å². The van der Waals surface area contributed by atoms with E-state index in [0.717, 1.165) is 11.1 Å². The Kier molecular flexibility index (Phi) is 5.74. The molecule has 0 spiro atoms. The summed E-state index contributed by atoms with van der Waals surface area (Å²) < 4.78 is 11.5. The van der Waals surface area contributed by atoms with E-state index in [9.17, 15) is 10.2 Å². The maximum absolute atomic E-state index is 10.0. The van der Waals surface area contributed by atoms with Crippen LogP contribution in [0.25, 0.3) is 0 Å². The molecule has 2 rings (SSSR count). The summed E-state index contributed by atoms with van der Waals surface area (Å²) in [5, 5.41) is 20.0. The van der Waals surface area contributed by atoms with Crippen molar-refractivity contribution in [1.82, 2.24) is 0 Å². The van der Waals surface area contributed by atoms with Crippen LogP contribution < -0.4 is 9.47 Å². The summed E-state index contributed by atoms with van der Waals surface area (Å²) in [5.74, 6) is 1.97. The van der Waals surface area contributed by atoms with Crippen molar-refractivity contribution in [2.45, 2.75) is 52.4 Å². The fraction of sp³-hybridized carbons (Fsp3) is 0.455. The Labute approximate surface area is 156 Å². The lowest BCUT2D eigenvalue weighted by molar-refractivity contribution is 0.216. The summed E-state index contributed by atoms with van der Waals surface area (Å²) >= 11 is 0. The minimum absolute atomic E-state index is 0.157. The summed E-state index contributed by atoms with van der Waals surface area (Å²) in [5.41, 5.74) is 1.39. The number of hydrogen-bond acceptors (Lipinski definition) is 4. The number of aromatic hydroxyl groups is 2. The van der Waals surface area contributed by atoms with Gasteiger partial charge < -0.3 is 19.7 Å². The zero-order valence-corrected chi connectivity index (χ0v) is 16.6. The van der Waals surface area contributed by atoms with Crippen LogP contribution >= 0.6 is 0 Å². The van der Waals surface area contributed by atoms with Crippen molar-refractivity contribution in [3.8, 4) is 23.0 Å². The van der Waals surface area contributed by atoms with Crippen molar-refractivity contribution >= 4 is 0 Å². The summed E-state index contributed by atoms with van der Waals surface area (Å²) in [6.45, 7) is 13.1. The Hall–Kier alpha value is -2.36. The maximum atomic E-state index is 10.0. The Bertz CT molecular complexity index is 686. The first-order valence-electron chi connectivity index (χ1n) is 8.91. The van der Waals surface area contributed by atoms with Gasteiger partial charge in [0, 0.05) is 11.1 Å². The van der Waals surface area contributed by atoms with E-state index in [-0.39, 0.29) is 22.3 Å². The molecule has 0 bridgehead atoms. The SMILES string of the molecule is CC(C)(C)c1cc(OCCOc2ccc(O)c(C(C)(C)C)c2)ccc1O. The van der Waals surface area contributed by atoms with Gasteiger partial charge in [0.25, 0.3) is 0 Å². The number of hydrogen-bond donors (Lipinski definition) is 2. The van der Waals surface area contributed by atoms with Gasteiger partial charge in [-0.1, -0.05) is 41.5 Å². The first-order chi connectivity index (χ1) is 12.0. The third kappa shape index (κ3) is 5.07. The average Bonchev–Trinajstić information content (AvgIpc) is 2.52. The molecular formula is C22H30O4. The van der Waals surface area contributed by atoms with Crippen LogP contribution in [0.4, 0.5) is 0 Å². The molecular weight excluding hydrogens is 328 g/mol. The van der Waals surface area contributed by atoms with E-state index in [2.05, 4.69) is 0 Å². The molecule has 0 saturated carbocycles. The lowest BCUT2D eigenvalue weighted by Crippen LogP contribution is -2.14. The lowest BCUT2D eigenvalue weighted by Gasteiger charge is -2.22. The van der Waals surface area contributed by atoms with E-state index >= 15 is 0 Å². The molecule has 142 valence electrons. The Balaban J connectivity index is 1.96. The zero-order chi connectivity index (χ0) is 19.5. The van der Waals surface area contributed by atoms with Crippen LogP contribution in [-0.2, 0) is 10.8 Å². The number of ether oxygens (including phenoxy) is 2. The largest absolute Gasteiger partial charge is 0.508 e. The van der Waals surface area contributed by atoms with Crippen LogP contribution in [0.15, 0.2) is 36.4 Å². The molecule has 0 aliphatic carbocycles. The molecule has 2 aromatic carbocycles. The molecule has 0 amide bonds. The second-order valence-electron chi connectivity index (χ2n) is 8.55. The monoisotopic (exact) mass is 358 g/mol. The molecule has 0 aliphatic heterocycles. The first kappa shape index (κ1) is 20.0. The highest BCUT2D eigenvalue weighted by Crippen LogP contribution is 2.34. The quantitative estimate of drug-likeness (QED) is 0.726. The second-order valence-corrected chi connectivity index (χ2v) is 8.55. The molecule has 0 aromatic heterocycles. The average molecular weight is 358 g/mol. The van der Waals surface area contributed by atoms with Gasteiger partial charge in [-0.25, -0.2) is 0 Å². The molecule has 0 saturated heterocycles. The van der Waals surface area contributed by atoms with Gasteiger partial charge in [-0.15, -0.1) is 0 Å².